The molecule has 0 saturated carbocycles. The number of carbonyl (C=O) groups is 1. The molecular formula is C22H26F2N4O. The van der Waals surface area contributed by atoms with E-state index in [-0.39, 0.29) is 18.4 Å². The summed E-state index contributed by atoms with van der Waals surface area (Å²) in [7, 11) is 0. The maximum absolute atomic E-state index is 13.3. The van der Waals surface area contributed by atoms with E-state index < -0.39 is 12.5 Å². The topological polar surface area (TPSA) is 59.8 Å². The fourth-order valence-corrected chi connectivity index (χ4v) is 3.19. The van der Waals surface area contributed by atoms with Gasteiger partial charge in [0.2, 0.25) is 5.91 Å². The molecule has 0 saturated heterocycles. The minimum Gasteiger partial charge on any atom is -0.348 e. The summed E-state index contributed by atoms with van der Waals surface area (Å²) in [4.78, 5) is 16.7. The second kappa shape index (κ2) is 8.27. The lowest BCUT2D eigenvalue weighted by Crippen LogP contribution is -2.28. The lowest BCUT2D eigenvalue weighted by Gasteiger charge is -2.14. The number of benzene rings is 1. The van der Waals surface area contributed by atoms with E-state index in [4.69, 9.17) is 0 Å². The van der Waals surface area contributed by atoms with E-state index in [1.165, 1.54) is 22.6 Å². The molecule has 0 spiro atoms. The van der Waals surface area contributed by atoms with Gasteiger partial charge in [0.05, 0.1) is 36.1 Å². The molecule has 2 aromatic heterocycles. The van der Waals surface area contributed by atoms with Crippen molar-refractivity contribution in [3.63, 3.8) is 0 Å². The van der Waals surface area contributed by atoms with Crippen molar-refractivity contribution in [1.29, 1.82) is 0 Å². The van der Waals surface area contributed by atoms with Crippen LogP contribution in [0.1, 0.15) is 56.5 Å². The van der Waals surface area contributed by atoms with Crippen molar-refractivity contribution in [1.82, 2.24) is 20.1 Å². The van der Waals surface area contributed by atoms with Crippen molar-refractivity contribution >= 4 is 16.8 Å². The van der Waals surface area contributed by atoms with Crippen molar-refractivity contribution in [2.75, 3.05) is 0 Å². The van der Waals surface area contributed by atoms with Gasteiger partial charge in [0.1, 0.15) is 6.54 Å². The molecule has 1 amide bonds. The van der Waals surface area contributed by atoms with Gasteiger partial charge in [-0.05, 0) is 30.0 Å². The van der Waals surface area contributed by atoms with Gasteiger partial charge < -0.3 is 5.32 Å². The Morgan fingerprint density at radius 3 is 2.48 bits per heavy atom. The van der Waals surface area contributed by atoms with Crippen molar-refractivity contribution in [3.8, 4) is 0 Å². The third-order valence-electron chi connectivity index (χ3n) is 4.81. The van der Waals surface area contributed by atoms with Gasteiger partial charge in [-0.1, -0.05) is 38.1 Å². The van der Waals surface area contributed by atoms with Crippen LogP contribution in [0.15, 0.2) is 42.7 Å². The minimum atomic E-state index is -2.85. The number of alkyl halides is 2. The molecular weight excluding hydrogens is 374 g/mol. The Labute approximate surface area is 169 Å². The van der Waals surface area contributed by atoms with Crippen LogP contribution in [0.25, 0.3) is 10.9 Å². The molecule has 0 fully saturated rings. The van der Waals surface area contributed by atoms with Gasteiger partial charge >= 0.3 is 0 Å². The fraction of sp³-hybridized carbons (Fsp3) is 0.409. The van der Waals surface area contributed by atoms with E-state index >= 15 is 0 Å². The highest BCUT2D eigenvalue weighted by Crippen LogP contribution is 2.22. The second-order valence-corrected chi connectivity index (χ2v) is 7.90. The van der Waals surface area contributed by atoms with Crippen LogP contribution >= 0.6 is 0 Å². The van der Waals surface area contributed by atoms with E-state index in [0.717, 1.165) is 12.5 Å². The molecule has 1 N–H and O–H groups in total. The lowest BCUT2D eigenvalue weighted by molar-refractivity contribution is -0.121. The molecule has 1 aromatic carbocycles. The van der Waals surface area contributed by atoms with Crippen LogP contribution in [-0.2, 0) is 17.8 Å². The van der Waals surface area contributed by atoms with Crippen molar-refractivity contribution in [2.45, 2.75) is 58.5 Å². The Kier molecular flexibility index (Phi) is 5.96. The SMILES string of the molecule is CC(C)c1ccc(CC(=O)N[C@H](C)c2cc3cnn(CC(C)(F)F)c3cn2)cc1. The van der Waals surface area contributed by atoms with Crippen molar-refractivity contribution in [2.24, 2.45) is 0 Å². The van der Waals surface area contributed by atoms with Crippen LogP contribution in [0.2, 0.25) is 0 Å². The van der Waals surface area contributed by atoms with Crippen molar-refractivity contribution in [3.05, 3.63) is 59.5 Å². The van der Waals surface area contributed by atoms with E-state index in [1.807, 2.05) is 31.2 Å². The first-order chi connectivity index (χ1) is 13.6. The number of nitrogens with zero attached hydrogens (tertiary/aromatic N) is 3. The predicted octanol–water partition coefficient (Wildman–Crippen LogP) is 4.63. The summed E-state index contributed by atoms with van der Waals surface area (Å²) in [6, 6.07) is 9.50. The summed E-state index contributed by atoms with van der Waals surface area (Å²) in [5, 5.41) is 7.68. The number of hydrogen-bond acceptors (Lipinski definition) is 3. The van der Waals surface area contributed by atoms with Gasteiger partial charge in [-0.25, -0.2) is 8.78 Å². The Morgan fingerprint density at radius 2 is 1.86 bits per heavy atom. The first-order valence-electron chi connectivity index (χ1n) is 9.70. The summed E-state index contributed by atoms with van der Waals surface area (Å²) in [5.74, 6) is -2.50. The van der Waals surface area contributed by atoms with Gasteiger partial charge in [0.25, 0.3) is 5.92 Å². The number of amides is 1. The molecule has 3 aromatic rings. The van der Waals surface area contributed by atoms with E-state index in [9.17, 15) is 13.6 Å². The number of nitrogens with one attached hydrogen (secondary N) is 1. The zero-order valence-corrected chi connectivity index (χ0v) is 17.1. The number of fused-ring (bicyclic) bond motifs is 1. The average Bonchev–Trinajstić information content (AvgIpc) is 3.02. The summed E-state index contributed by atoms with van der Waals surface area (Å²) >= 11 is 0. The van der Waals surface area contributed by atoms with Gasteiger partial charge in [-0.3, -0.25) is 14.5 Å². The van der Waals surface area contributed by atoms with E-state index in [2.05, 4.69) is 29.2 Å². The Bertz CT molecular complexity index is 990. The van der Waals surface area contributed by atoms with Crippen LogP contribution in [0.5, 0.6) is 0 Å². The average molecular weight is 400 g/mol. The second-order valence-electron chi connectivity index (χ2n) is 7.90. The Morgan fingerprint density at radius 1 is 1.17 bits per heavy atom. The van der Waals surface area contributed by atoms with Gasteiger partial charge in [-0.2, -0.15) is 5.10 Å². The molecule has 0 aliphatic carbocycles. The third-order valence-corrected chi connectivity index (χ3v) is 4.81. The first-order valence-corrected chi connectivity index (χ1v) is 9.70. The third kappa shape index (κ3) is 5.37. The summed E-state index contributed by atoms with van der Waals surface area (Å²) in [6.45, 7) is 6.46. The molecule has 7 heteroatoms. The van der Waals surface area contributed by atoms with Crippen LogP contribution in [-0.4, -0.2) is 26.6 Å². The number of carbonyl (C=O) groups excluding carboxylic acids is 1. The maximum Gasteiger partial charge on any atom is 0.264 e. The molecule has 2 heterocycles. The predicted molar refractivity (Wildman–Crippen MR) is 109 cm³/mol. The fourth-order valence-electron chi connectivity index (χ4n) is 3.19. The summed E-state index contributed by atoms with van der Waals surface area (Å²) in [5.41, 5.74) is 3.38. The Balaban J connectivity index is 1.66. The molecule has 0 aliphatic heterocycles. The number of pyridine rings is 1. The number of halogens is 2. The zero-order chi connectivity index (χ0) is 21.2. The smallest absolute Gasteiger partial charge is 0.264 e. The van der Waals surface area contributed by atoms with Crippen LogP contribution < -0.4 is 5.32 Å². The largest absolute Gasteiger partial charge is 0.348 e. The van der Waals surface area contributed by atoms with Crippen molar-refractivity contribution < 1.29 is 13.6 Å². The highest BCUT2D eigenvalue weighted by atomic mass is 19.3. The molecule has 3 rings (SSSR count). The van der Waals surface area contributed by atoms with E-state index in [0.29, 0.717) is 22.5 Å². The normalized spacial score (nSPS) is 13.1. The van der Waals surface area contributed by atoms with Crippen LogP contribution in [0, 0.1) is 0 Å². The lowest BCUT2D eigenvalue weighted by atomic mass is 10.0. The molecule has 154 valence electrons. The molecule has 0 bridgehead atoms. The van der Waals surface area contributed by atoms with Crippen LogP contribution in [0.4, 0.5) is 8.78 Å². The highest BCUT2D eigenvalue weighted by Gasteiger charge is 2.23. The Hall–Kier alpha value is -2.83. The minimum absolute atomic E-state index is 0.0991. The molecule has 1 atom stereocenters. The molecule has 0 unspecified atom stereocenters. The van der Waals surface area contributed by atoms with Gasteiger partial charge in [-0.15, -0.1) is 0 Å². The van der Waals surface area contributed by atoms with Gasteiger partial charge in [0.15, 0.2) is 0 Å². The number of aromatic nitrogens is 3. The molecule has 0 aliphatic rings. The molecule has 29 heavy (non-hydrogen) atoms. The van der Waals surface area contributed by atoms with Crippen LogP contribution in [0.3, 0.4) is 0 Å². The first kappa shape index (κ1) is 20.9. The standard InChI is InChI=1S/C22H26F2N4O/c1-14(2)17-7-5-16(6-8-17)9-21(29)27-15(3)19-10-18-11-26-28(13-22(4,23)24)20(18)12-25-19/h5-8,10-12,14-15H,9,13H2,1-4H3,(H,27,29)/t15-/m1/s1. The summed E-state index contributed by atoms with van der Waals surface area (Å²) in [6.07, 6.45) is 3.35. The summed E-state index contributed by atoms with van der Waals surface area (Å²) < 4.78 is 27.8. The maximum atomic E-state index is 13.3. The number of hydrogen-bond donors (Lipinski definition) is 1. The molecule has 0 radical (unpaired) electrons. The highest BCUT2D eigenvalue weighted by molar-refractivity contribution is 5.80. The quantitative estimate of drug-likeness (QED) is 0.629. The molecule has 5 nitrogen and oxygen atoms in total. The number of rotatable bonds is 7. The van der Waals surface area contributed by atoms with E-state index in [1.54, 1.807) is 6.07 Å². The van der Waals surface area contributed by atoms with Gasteiger partial charge in [0, 0.05) is 12.3 Å². The monoisotopic (exact) mass is 400 g/mol. The zero-order valence-electron chi connectivity index (χ0n) is 17.1.